The van der Waals surface area contributed by atoms with E-state index in [0.717, 1.165) is 6.20 Å². The molecular weight excluding hydrogens is 295 g/mol. The van der Waals surface area contributed by atoms with Gasteiger partial charge in [-0.15, -0.1) is 0 Å². The lowest BCUT2D eigenvalue weighted by molar-refractivity contribution is -0.145. The molecule has 1 atom stereocenters. The molecule has 0 saturated heterocycles. The Morgan fingerprint density at radius 1 is 1.38 bits per heavy atom. The Morgan fingerprint density at radius 3 is 2.76 bits per heavy atom. The smallest absolute Gasteiger partial charge is 0.335 e. The molecule has 1 aromatic heterocycles. The van der Waals surface area contributed by atoms with Crippen LogP contribution in [0.25, 0.3) is 0 Å². The third-order valence-electron chi connectivity index (χ3n) is 3.09. The lowest BCUT2D eigenvalue weighted by Crippen LogP contribution is -2.41. The Hall–Kier alpha value is -2.14. The molecule has 0 fully saturated rings. The Balaban J connectivity index is 2.45. The average Bonchev–Trinajstić information content (AvgIpc) is 2.46. The number of nitrogens with one attached hydrogen (secondary N) is 1. The molecule has 0 radical (unpaired) electrons. The van der Waals surface area contributed by atoms with E-state index in [0.29, 0.717) is 16.3 Å². The minimum absolute atomic E-state index is 0.356. The van der Waals surface area contributed by atoms with Crippen LogP contribution in [-0.4, -0.2) is 18.1 Å². The number of pyridine rings is 1. The van der Waals surface area contributed by atoms with Crippen LogP contribution in [0.15, 0.2) is 42.7 Å². The van der Waals surface area contributed by atoms with Crippen molar-refractivity contribution in [2.24, 2.45) is 0 Å². The van der Waals surface area contributed by atoms with Gasteiger partial charge in [-0.05, 0) is 31.2 Å². The highest BCUT2D eigenvalue weighted by atomic mass is 35.5. The number of rotatable bonds is 4. The van der Waals surface area contributed by atoms with Crippen LogP contribution >= 0.6 is 11.6 Å². The van der Waals surface area contributed by atoms with Crippen LogP contribution in [0.1, 0.15) is 12.5 Å². The van der Waals surface area contributed by atoms with Crippen molar-refractivity contribution >= 4 is 23.3 Å². The van der Waals surface area contributed by atoms with Crippen LogP contribution in [0, 0.1) is 5.82 Å². The van der Waals surface area contributed by atoms with E-state index < -0.39 is 17.3 Å². The zero-order valence-electron chi connectivity index (χ0n) is 11.6. The number of halogens is 2. The molecule has 0 amide bonds. The summed E-state index contributed by atoms with van der Waals surface area (Å²) in [4.78, 5) is 15.9. The van der Waals surface area contributed by atoms with E-state index in [-0.39, 0.29) is 0 Å². The van der Waals surface area contributed by atoms with E-state index in [1.807, 2.05) is 0 Å². The molecule has 0 spiro atoms. The van der Waals surface area contributed by atoms with Gasteiger partial charge in [0.25, 0.3) is 0 Å². The predicted molar refractivity (Wildman–Crippen MR) is 78.6 cm³/mol. The lowest BCUT2D eigenvalue weighted by Gasteiger charge is -2.29. The molecular formula is C15H14ClFN2O2. The third-order valence-corrected chi connectivity index (χ3v) is 3.33. The zero-order valence-corrected chi connectivity index (χ0v) is 12.3. The number of carbonyl (C=O) groups excluding carboxylic acids is 1. The van der Waals surface area contributed by atoms with E-state index in [1.165, 1.54) is 19.4 Å². The highest BCUT2D eigenvalue weighted by molar-refractivity contribution is 6.30. The summed E-state index contributed by atoms with van der Waals surface area (Å²) in [7, 11) is 1.27. The van der Waals surface area contributed by atoms with Crippen LogP contribution in [-0.2, 0) is 15.1 Å². The zero-order chi connectivity index (χ0) is 15.5. The molecule has 2 rings (SSSR count). The van der Waals surface area contributed by atoms with E-state index >= 15 is 0 Å². The first kappa shape index (κ1) is 15.3. The molecule has 2 aromatic rings. The first-order valence-corrected chi connectivity index (χ1v) is 6.56. The summed E-state index contributed by atoms with van der Waals surface area (Å²) in [5.41, 5.74) is -0.317. The van der Waals surface area contributed by atoms with E-state index in [9.17, 15) is 9.18 Å². The maximum atomic E-state index is 13.4. The number of esters is 1. The molecule has 1 N–H and O–H groups in total. The highest BCUT2D eigenvalue weighted by Crippen LogP contribution is 2.28. The van der Waals surface area contributed by atoms with Gasteiger partial charge in [-0.2, -0.15) is 0 Å². The molecule has 0 aliphatic rings. The van der Waals surface area contributed by atoms with Crippen molar-refractivity contribution in [1.29, 1.82) is 0 Å². The number of ether oxygens (including phenoxy) is 1. The Labute approximate surface area is 126 Å². The maximum Gasteiger partial charge on any atom is 0.335 e. The second kappa shape index (κ2) is 6.10. The Bertz CT molecular complexity index is 666. The van der Waals surface area contributed by atoms with Crippen molar-refractivity contribution in [3.05, 3.63) is 59.1 Å². The number of carbonyl (C=O) groups is 1. The summed E-state index contributed by atoms with van der Waals surface area (Å²) < 4.78 is 18.2. The molecule has 1 aromatic carbocycles. The molecule has 0 bridgehead atoms. The first-order valence-electron chi connectivity index (χ1n) is 6.19. The number of aromatic nitrogens is 1. The molecule has 1 heterocycles. The van der Waals surface area contributed by atoms with Crippen LogP contribution < -0.4 is 5.32 Å². The van der Waals surface area contributed by atoms with Gasteiger partial charge in [0.05, 0.1) is 13.3 Å². The first-order chi connectivity index (χ1) is 9.95. The summed E-state index contributed by atoms with van der Waals surface area (Å²) in [5.74, 6) is -1.09. The fraction of sp³-hybridized carbons (Fsp3) is 0.200. The lowest BCUT2D eigenvalue weighted by atomic mass is 9.93. The second-order valence-corrected chi connectivity index (χ2v) is 5.08. The van der Waals surface area contributed by atoms with Crippen molar-refractivity contribution < 1.29 is 13.9 Å². The standard InChI is InChI=1S/C15H14ClFN2O2/c1-15(14(20)21-2,10-6-12(17)9-18-8-10)19-13-5-3-4-11(16)7-13/h3-9,19H,1-2H3. The Morgan fingerprint density at radius 2 is 2.14 bits per heavy atom. The van der Waals surface area contributed by atoms with E-state index in [2.05, 4.69) is 10.3 Å². The molecule has 0 aliphatic heterocycles. The van der Waals surface area contributed by atoms with Gasteiger partial charge >= 0.3 is 5.97 Å². The van der Waals surface area contributed by atoms with Crippen LogP contribution in [0.3, 0.4) is 0 Å². The summed E-state index contributed by atoms with van der Waals surface area (Å²) >= 11 is 5.93. The monoisotopic (exact) mass is 308 g/mol. The van der Waals surface area contributed by atoms with Crippen molar-refractivity contribution in [3.63, 3.8) is 0 Å². The average molecular weight is 309 g/mol. The Kier molecular flexibility index (Phi) is 4.43. The summed E-state index contributed by atoms with van der Waals surface area (Å²) in [5, 5.41) is 3.54. The second-order valence-electron chi connectivity index (χ2n) is 4.64. The predicted octanol–water partition coefficient (Wildman–Crippen LogP) is 3.37. The fourth-order valence-corrected chi connectivity index (χ4v) is 2.18. The maximum absolute atomic E-state index is 13.4. The fourth-order valence-electron chi connectivity index (χ4n) is 1.99. The molecule has 21 heavy (non-hydrogen) atoms. The van der Waals surface area contributed by atoms with Gasteiger partial charge in [0.2, 0.25) is 0 Å². The van der Waals surface area contributed by atoms with E-state index in [1.54, 1.807) is 31.2 Å². The van der Waals surface area contributed by atoms with Gasteiger partial charge in [-0.1, -0.05) is 17.7 Å². The molecule has 4 nitrogen and oxygen atoms in total. The molecule has 6 heteroatoms. The molecule has 110 valence electrons. The van der Waals surface area contributed by atoms with Gasteiger partial charge in [0.1, 0.15) is 5.82 Å². The molecule has 1 unspecified atom stereocenters. The van der Waals surface area contributed by atoms with Gasteiger partial charge in [0.15, 0.2) is 5.54 Å². The van der Waals surface area contributed by atoms with Crippen LogP contribution in [0.5, 0.6) is 0 Å². The summed E-state index contributed by atoms with van der Waals surface area (Å²) in [6.45, 7) is 1.59. The number of hydrogen-bond acceptors (Lipinski definition) is 4. The van der Waals surface area contributed by atoms with Gasteiger partial charge in [-0.25, -0.2) is 9.18 Å². The number of methoxy groups -OCH3 is 1. The quantitative estimate of drug-likeness (QED) is 0.880. The van der Waals surface area contributed by atoms with Gasteiger partial charge < -0.3 is 10.1 Å². The molecule has 0 aliphatic carbocycles. The van der Waals surface area contributed by atoms with Crippen molar-refractivity contribution in [3.8, 4) is 0 Å². The minimum Gasteiger partial charge on any atom is -0.467 e. The number of anilines is 1. The summed E-state index contributed by atoms with van der Waals surface area (Å²) in [6, 6.07) is 8.11. The van der Waals surface area contributed by atoms with Crippen LogP contribution in [0.4, 0.5) is 10.1 Å². The summed E-state index contributed by atoms with van der Waals surface area (Å²) in [6.07, 6.45) is 2.48. The molecule has 0 saturated carbocycles. The highest BCUT2D eigenvalue weighted by Gasteiger charge is 2.37. The van der Waals surface area contributed by atoms with E-state index in [4.69, 9.17) is 16.3 Å². The third kappa shape index (κ3) is 3.31. The van der Waals surface area contributed by atoms with Crippen LogP contribution in [0.2, 0.25) is 5.02 Å². The van der Waals surface area contributed by atoms with Crippen molar-refractivity contribution in [2.45, 2.75) is 12.5 Å². The number of hydrogen-bond donors (Lipinski definition) is 1. The van der Waals surface area contributed by atoms with Gasteiger partial charge in [-0.3, -0.25) is 4.98 Å². The van der Waals surface area contributed by atoms with Gasteiger partial charge in [0, 0.05) is 22.5 Å². The SMILES string of the molecule is COC(=O)C(C)(Nc1cccc(Cl)c1)c1cncc(F)c1. The van der Waals surface area contributed by atoms with Crippen molar-refractivity contribution in [2.75, 3.05) is 12.4 Å². The largest absolute Gasteiger partial charge is 0.467 e. The number of nitrogens with zero attached hydrogens (tertiary/aromatic N) is 1. The topological polar surface area (TPSA) is 51.2 Å². The normalized spacial score (nSPS) is 13.3. The van der Waals surface area contributed by atoms with Crippen molar-refractivity contribution in [1.82, 2.24) is 4.98 Å². The minimum atomic E-state index is -1.28. The number of benzene rings is 1.